The van der Waals surface area contributed by atoms with Crippen LogP contribution in [0.1, 0.15) is 47.9 Å². The third-order valence-corrected chi connectivity index (χ3v) is 4.52. The van der Waals surface area contributed by atoms with Crippen LogP contribution in [0.4, 0.5) is 5.95 Å². The van der Waals surface area contributed by atoms with Gasteiger partial charge in [0.25, 0.3) is 5.91 Å². The average molecular weight is 321 g/mol. The minimum absolute atomic E-state index is 0.281. The smallest absolute Gasteiger partial charge is 0.278 e. The number of anilines is 1. The number of carbonyl (C=O) groups is 1. The zero-order valence-electron chi connectivity index (χ0n) is 13.6. The summed E-state index contributed by atoms with van der Waals surface area (Å²) in [4.78, 5) is 25.4. The Morgan fingerprint density at radius 1 is 1.17 bits per heavy atom. The van der Waals surface area contributed by atoms with Crippen molar-refractivity contribution in [3.05, 3.63) is 48.0 Å². The van der Waals surface area contributed by atoms with Crippen molar-refractivity contribution in [1.29, 1.82) is 0 Å². The number of nitrogens with one attached hydrogen (secondary N) is 1. The number of fused-ring (bicyclic) bond motifs is 1. The lowest BCUT2D eigenvalue weighted by atomic mass is 10.2. The normalized spacial score (nSPS) is 15.0. The van der Waals surface area contributed by atoms with Gasteiger partial charge in [-0.05, 0) is 31.9 Å². The summed E-state index contributed by atoms with van der Waals surface area (Å²) in [6.07, 6.45) is 7.76. The highest BCUT2D eigenvalue weighted by Gasteiger charge is 2.23. The summed E-state index contributed by atoms with van der Waals surface area (Å²) in [6, 6.07) is 8.39. The Bertz CT molecular complexity index is 878. The Morgan fingerprint density at radius 3 is 2.71 bits per heavy atom. The van der Waals surface area contributed by atoms with Crippen LogP contribution in [-0.2, 0) is 0 Å². The predicted molar refractivity (Wildman–Crippen MR) is 92.0 cm³/mol. The van der Waals surface area contributed by atoms with Crippen molar-refractivity contribution >= 4 is 22.9 Å². The fraction of sp³-hybridized carbons (Fsp3) is 0.333. The number of amides is 1. The van der Waals surface area contributed by atoms with Gasteiger partial charge < -0.3 is 4.57 Å². The Balaban J connectivity index is 1.71. The van der Waals surface area contributed by atoms with Gasteiger partial charge in [-0.15, -0.1) is 0 Å². The van der Waals surface area contributed by atoms with Gasteiger partial charge in [0.2, 0.25) is 5.95 Å². The first kappa shape index (κ1) is 14.8. The van der Waals surface area contributed by atoms with Crippen LogP contribution in [0, 0.1) is 6.92 Å². The second-order valence-corrected chi connectivity index (χ2v) is 6.23. The molecule has 0 aliphatic heterocycles. The van der Waals surface area contributed by atoms with Crippen LogP contribution in [-0.4, -0.2) is 25.4 Å². The van der Waals surface area contributed by atoms with E-state index in [1.807, 2.05) is 25.1 Å². The molecule has 0 unspecified atom stereocenters. The fourth-order valence-corrected chi connectivity index (χ4v) is 3.34. The fourth-order valence-electron chi connectivity index (χ4n) is 3.34. The molecule has 122 valence electrons. The molecule has 4 rings (SSSR count). The average Bonchev–Trinajstić information content (AvgIpc) is 3.22. The van der Waals surface area contributed by atoms with Gasteiger partial charge in [0.15, 0.2) is 0 Å². The second kappa shape index (κ2) is 6.03. The number of para-hydroxylation sites is 2. The van der Waals surface area contributed by atoms with Crippen LogP contribution in [0.2, 0.25) is 0 Å². The molecule has 0 radical (unpaired) electrons. The minimum Gasteiger partial charge on any atom is -0.307 e. The van der Waals surface area contributed by atoms with Gasteiger partial charge in [0.1, 0.15) is 5.69 Å². The Hall–Kier alpha value is -2.76. The topological polar surface area (TPSA) is 72.7 Å². The van der Waals surface area contributed by atoms with Crippen LogP contribution in [0.5, 0.6) is 0 Å². The summed E-state index contributed by atoms with van der Waals surface area (Å²) < 4.78 is 2.17. The highest BCUT2D eigenvalue weighted by molar-refractivity contribution is 6.02. The van der Waals surface area contributed by atoms with Crippen molar-refractivity contribution < 1.29 is 4.79 Å². The number of benzene rings is 1. The molecule has 6 heteroatoms. The molecule has 1 fully saturated rings. The number of imidazole rings is 1. The summed E-state index contributed by atoms with van der Waals surface area (Å²) in [5, 5.41) is 2.92. The van der Waals surface area contributed by atoms with E-state index >= 15 is 0 Å². The summed E-state index contributed by atoms with van der Waals surface area (Å²) >= 11 is 0. The molecule has 0 bridgehead atoms. The Labute approximate surface area is 140 Å². The van der Waals surface area contributed by atoms with Crippen molar-refractivity contribution in [2.24, 2.45) is 0 Å². The largest absolute Gasteiger partial charge is 0.307 e. The standard InChI is InChI=1S/C18H19N5O/c1-12-10-20-15(11-19-12)17(24)22-18-21-14-8-4-5-9-16(14)23(18)13-6-2-3-7-13/h4-5,8-11,13H,2-3,6-7H2,1H3,(H,21,22,24). The van der Waals surface area contributed by atoms with Gasteiger partial charge in [-0.1, -0.05) is 25.0 Å². The molecule has 1 saturated carbocycles. The predicted octanol–water partition coefficient (Wildman–Crippen LogP) is 3.50. The lowest BCUT2D eigenvalue weighted by molar-refractivity contribution is 0.102. The third-order valence-electron chi connectivity index (χ3n) is 4.52. The van der Waals surface area contributed by atoms with E-state index < -0.39 is 0 Å². The van der Waals surface area contributed by atoms with E-state index in [-0.39, 0.29) is 5.91 Å². The van der Waals surface area contributed by atoms with Gasteiger partial charge in [-0.3, -0.25) is 15.1 Å². The minimum atomic E-state index is -0.281. The molecule has 1 amide bonds. The second-order valence-electron chi connectivity index (χ2n) is 6.23. The van der Waals surface area contributed by atoms with E-state index in [0.29, 0.717) is 17.7 Å². The van der Waals surface area contributed by atoms with Gasteiger partial charge in [0, 0.05) is 12.2 Å². The van der Waals surface area contributed by atoms with E-state index in [2.05, 4.69) is 30.9 Å². The summed E-state index contributed by atoms with van der Waals surface area (Å²) in [5.41, 5.74) is 3.04. The Kier molecular flexibility index (Phi) is 3.72. The summed E-state index contributed by atoms with van der Waals surface area (Å²) in [7, 11) is 0. The summed E-state index contributed by atoms with van der Waals surface area (Å²) in [6.45, 7) is 1.84. The maximum Gasteiger partial charge on any atom is 0.278 e. The molecule has 0 spiro atoms. The van der Waals surface area contributed by atoms with Gasteiger partial charge in [0.05, 0.1) is 22.9 Å². The van der Waals surface area contributed by atoms with E-state index in [4.69, 9.17) is 0 Å². The maximum absolute atomic E-state index is 12.5. The lowest BCUT2D eigenvalue weighted by Crippen LogP contribution is -2.19. The number of aromatic nitrogens is 4. The maximum atomic E-state index is 12.5. The molecule has 0 saturated heterocycles. The monoisotopic (exact) mass is 321 g/mol. The van der Waals surface area contributed by atoms with Crippen molar-refractivity contribution in [2.45, 2.75) is 38.6 Å². The van der Waals surface area contributed by atoms with Crippen LogP contribution < -0.4 is 5.32 Å². The van der Waals surface area contributed by atoms with E-state index in [9.17, 15) is 4.79 Å². The first-order chi connectivity index (χ1) is 11.7. The molecule has 6 nitrogen and oxygen atoms in total. The molecular weight excluding hydrogens is 302 g/mol. The van der Waals surface area contributed by atoms with Gasteiger partial charge >= 0.3 is 0 Å². The molecular formula is C18H19N5O. The van der Waals surface area contributed by atoms with Gasteiger partial charge in [-0.2, -0.15) is 0 Å². The van der Waals surface area contributed by atoms with Crippen molar-refractivity contribution in [3.63, 3.8) is 0 Å². The number of aryl methyl sites for hydroxylation is 1. The number of rotatable bonds is 3. The molecule has 1 aliphatic rings. The zero-order chi connectivity index (χ0) is 16.5. The summed E-state index contributed by atoms with van der Waals surface area (Å²) in [5.74, 6) is 0.313. The van der Waals surface area contributed by atoms with Gasteiger partial charge in [-0.25, -0.2) is 9.97 Å². The van der Waals surface area contributed by atoms with Crippen molar-refractivity contribution in [1.82, 2.24) is 19.5 Å². The van der Waals surface area contributed by atoms with Crippen LogP contribution >= 0.6 is 0 Å². The van der Waals surface area contributed by atoms with E-state index in [0.717, 1.165) is 29.6 Å². The SMILES string of the molecule is Cc1cnc(C(=O)Nc2nc3ccccc3n2C2CCCC2)cn1. The molecule has 24 heavy (non-hydrogen) atoms. The number of carbonyl (C=O) groups excluding carboxylic acids is 1. The van der Waals surface area contributed by atoms with Crippen molar-refractivity contribution in [3.8, 4) is 0 Å². The zero-order valence-corrected chi connectivity index (χ0v) is 13.6. The molecule has 3 aromatic rings. The van der Waals surface area contributed by atoms with Crippen LogP contribution in [0.3, 0.4) is 0 Å². The third kappa shape index (κ3) is 2.64. The molecule has 2 heterocycles. The highest BCUT2D eigenvalue weighted by atomic mass is 16.2. The lowest BCUT2D eigenvalue weighted by Gasteiger charge is -2.16. The molecule has 2 aromatic heterocycles. The van der Waals surface area contributed by atoms with Crippen LogP contribution in [0.15, 0.2) is 36.7 Å². The number of nitrogens with zero attached hydrogens (tertiary/aromatic N) is 4. The Morgan fingerprint density at radius 2 is 1.96 bits per heavy atom. The van der Waals surface area contributed by atoms with E-state index in [1.54, 1.807) is 6.20 Å². The van der Waals surface area contributed by atoms with Crippen LogP contribution in [0.25, 0.3) is 11.0 Å². The molecule has 1 N–H and O–H groups in total. The first-order valence-corrected chi connectivity index (χ1v) is 8.29. The van der Waals surface area contributed by atoms with E-state index in [1.165, 1.54) is 19.0 Å². The molecule has 0 atom stereocenters. The van der Waals surface area contributed by atoms with Crippen molar-refractivity contribution in [2.75, 3.05) is 5.32 Å². The number of hydrogen-bond donors (Lipinski definition) is 1. The highest BCUT2D eigenvalue weighted by Crippen LogP contribution is 2.35. The first-order valence-electron chi connectivity index (χ1n) is 8.29. The molecule has 1 aromatic carbocycles. The number of hydrogen-bond acceptors (Lipinski definition) is 4. The molecule has 1 aliphatic carbocycles. The quantitative estimate of drug-likeness (QED) is 0.801.